The molecule has 0 amide bonds. The van der Waals surface area contributed by atoms with Gasteiger partial charge in [-0.3, -0.25) is 0 Å². The van der Waals surface area contributed by atoms with Gasteiger partial charge in [0.25, 0.3) is 0 Å². The average Bonchev–Trinajstić information content (AvgIpc) is 2.93. The van der Waals surface area contributed by atoms with Gasteiger partial charge in [-0.2, -0.15) is 23.5 Å². The van der Waals surface area contributed by atoms with E-state index in [1.807, 2.05) is 47.8 Å². The topological polar surface area (TPSA) is 9.23 Å². The average molecular weight is 725 g/mol. The molecule has 4 aromatic rings. The maximum atomic E-state index is 6.03. The lowest BCUT2D eigenvalue weighted by Gasteiger charge is -2.08. The molecular weight excluding hydrogens is 695 g/mol. The van der Waals surface area contributed by atoms with Crippen LogP contribution in [0.1, 0.15) is 33.4 Å². The van der Waals surface area contributed by atoms with Crippen LogP contribution in [-0.4, -0.2) is 11.5 Å². The number of hydrogen-bond acceptors (Lipinski definition) is 3. The Hall–Kier alpha value is -0.920. The molecule has 0 saturated heterocycles. The van der Waals surface area contributed by atoms with Crippen LogP contribution in [0.4, 0.5) is 0 Å². The summed E-state index contributed by atoms with van der Waals surface area (Å²) in [6.45, 7) is 1.24. The SMILES string of the molecule is Clc1ccc(CCSCc2ccc(COCc3ccc(CSCCc4ccc(Cl)cc4Br)cc3)cc2)c(Br)c1. The zero-order chi connectivity index (χ0) is 27.5. The Morgan fingerprint density at radius 3 is 1.31 bits per heavy atom. The summed E-state index contributed by atoms with van der Waals surface area (Å²) in [4.78, 5) is 0. The van der Waals surface area contributed by atoms with Crippen molar-refractivity contribution < 1.29 is 4.74 Å². The highest BCUT2D eigenvalue weighted by Gasteiger charge is 2.04. The highest BCUT2D eigenvalue weighted by molar-refractivity contribution is 9.10. The lowest BCUT2D eigenvalue weighted by molar-refractivity contribution is 0.107. The van der Waals surface area contributed by atoms with Gasteiger partial charge >= 0.3 is 0 Å². The third-order valence-electron chi connectivity index (χ3n) is 6.18. The molecule has 0 heterocycles. The fourth-order valence-corrected chi connectivity index (χ4v) is 7.58. The Bertz CT molecular complexity index is 1230. The molecule has 0 atom stereocenters. The molecule has 204 valence electrons. The van der Waals surface area contributed by atoms with E-state index in [9.17, 15) is 0 Å². The molecule has 0 radical (unpaired) electrons. The van der Waals surface area contributed by atoms with Crippen molar-refractivity contribution in [2.75, 3.05) is 11.5 Å². The Morgan fingerprint density at radius 2 is 0.923 bits per heavy atom. The lowest BCUT2D eigenvalue weighted by Crippen LogP contribution is -1.95. The molecule has 39 heavy (non-hydrogen) atoms. The second kappa shape index (κ2) is 16.5. The molecule has 0 bridgehead atoms. The minimum Gasteiger partial charge on any atom is -0.372 e. The molecule has 0 unspecified atom stereocenters. The summed E-state index contributed by atoms with van der Waals surface area (Å²) in [5.41, 5.74) is 7.68. The highest BCUT2D eigenvalue weighted by Crippen LogP contribution is 2.25. The van der Waals surface area contributed by atoms with E-state index >= 15 is 0 Å². The first-order valence-electron chi connectivity index (χ1n) is 12.7. The van der Waals surface area contributed by atoms with E-state index in [1.165, 1.54) is 33.4 Å². The molecule has 0 aliphatic heterocycles. The van der Waals surface area contributed by atoms with E-state index in [2.05, 4.69) is 92.5 Å². The van der Waals surface area contributed by atoms with Crippen molar-refractivity contribution in [1.29, 1.82) is 0 Å². The number of halogens is 4. The molecule has 0 aromatic heterocycles. The van der Waals surface area contributed by atoms with Gasteiger partial charge in [-0.05, 0) is 82.0 Å². The standard InChI is InChI=1S/C32H30Br2Cl2OS2/c33-31-17-29(35)11-9-27(31)13-15-38-21-25-5-1-23(2-6-25)19-37-20-24-3-7-26(8-4-24)22-39-16-14-28-10-12-30(36)18-32(28)34/h1-12,17-18H,13-16,19-22H2. The molecule has 0 fully saturated rings. The quantitative estimate of drug-likeness (QED) is 0.120. The Morgan fingerprint density at radius 1 is 0.538 bits per heavy atom. The zero-order valence-electron chi connectivity index (χ0n) is 21.5. The van der Waals surface area contributed by atoms with Crippen LogP contribution in [0.5, 0.6) is 0 Å². The largest absolute Gasteiger partial charge is 0.372 e. The number of benzene rings is 4. The van der Waals surface area contributed by atoms with Crippen LogP contribution in [0.3, 0.4) is 0 Å². The van der Waals surface area contributed by atoms with Gasteiger partial charge in [-0.25, -0.2) is 0 Å². The Labute approximate surface area is 267 Å². The second-order valence-electron chi connectivity index (χ2n) is 9.20. The zero-order valence-corrected chi connectivity index (χ0v) is 27.8. The van der Waals surface area contributed by atoms with Gasteiger partial charge in [-0.15, -0.1) is 0 Å². The summed E-state index contributed by atoms with van der Waals surface area (Å²) >= 11 is 23.2. The molecule has 0 N–H and O–H groups in total. The van der Waals surface area contributed by atoms with Crippen LogP contribution in [-0.2, 0) is 42.3 Å². The summed E-state index contributed by atoms with van der Waals surface area (Å²) in [6, 6.07) is 29.6. The summed E-state index contributed by atoms with van der Waals surface area (Å²) in [7, 11) is 0. The van der Waals surface area contributed by atoms with Crippen LogP contribution in [0.15, 0.2) is 93.9 Å². The van der Waals surface area contributed by atoms with Gasteiger partial charge in [0.15, 0.2) is 0 Å². The Kier molecular flexibility index (Phi) is 13.1. The van der Waals surface area contributed by atoms with Crippen LogP contribution in [0.25, 0.3) is 0 Å². The summed E-state index contributed by atoms with van der Waals surface area (Å²) in [6.07, 6.45) is 2.05. The molecule has 0 aliphatic rings. The minimum atomic E-state index is 0.621. The van der Waals surface area contributed by atoms with E-state index in [4.69, 9.17) is 27.9 Å². The first-order chi connectivity index (χ1) is 19.0. The third-order valence-corrected chi connectivity index (χ3v) is 10.2. The first kappa shape index (κ1) is 31.0. The summed E-state index contributed by atoms with van der Waals surface area (Å²) in [5.74, 6) is 4.17. The molecule has 1 nitrogen and oxygen atoms in total. The normalized spacial score (nSPS) is 11.2. The van der Waals surface area contributed by atoms with Crippen molar-refractivity contribution in [3.05, 3.63) is 137 Å². The van der Waals surface area contributed by atoms with E-state index in [0.717, 1.165) is 54.8 Å². The number of hydrogen-bond donors (Lipinski definition) is 0. The lowest BCUT2D eigenvalue weighted by atomic mass is 10.1. The maximum absolute atomic E-state index is 6.03. The number of aryl methyl sites for hydroxylation is 2. The van der Waals surface area contributed by atoms with Crippen LogP contribution < -0.4 is 0 Å². The molecule has 0 saturated carbocycles. The predicted molar refractivity (Wildman–Crippen MR) is 179 cm³/mol. The fourth-order valence-electron chi connectivity index (χ4n) is 3.94. The first-order valence-corrected chi connectivity index (χ1v) is 17.4. The monoisotopic (exact) mass is 722 g/mol. The molecule has 4 rings (SSSR count). The van der Waals surface area contributed by atoms with E-state index in [1.54, 1.807) is 0 Å². The van der Waals surface area contributed by atoms with Crippen molar-refractivity contribution in [3.8, 4) is 0 Å². The number of rotatable bonds is 14. The predicted octanol–water partition coefficient (Wildman–Crippen LogP) is 11.2. The van der Waals surface area contributed by atoms with Crippen molar-refractivity contribution in [2.24, 2.45) is 0 Å². The van der Waals surface area contributed by atoms with Crippen molar-refractivity contribution in [1.82, 2.24) is 0 Å². The smallest absolute Gasteiger partial charge is 0.0721 e. The molecule has 0 aliphatic carbocycles. The summed E-state index contributed by atoms with van der Waals surface area (Å²) < 4.78 is 8.16. The molecule has 4 aromatic carbocycles. The van der Waals surface area contributed by atoms with Crippen molar-refractivity contribution in [3.63, 3.8) is 0 Å². The second-order valence-corrected chi connectivity index (χ2v) is 14.0. The van der Waals surface area contributed by atoms with Gasteiger partial charge < -0.3 is 4.74 Å². The van der Waals surface area contributed by atoms with Crippen LogP contribution in [0.2, 0.25) is 10.0 Å². The molecule has 0 spiro atoms. The van der Waals surface area contributed by atoms with Gasteiger partial charge in [0.1, 0.15) is 0 Å². The molecular formula is C32H30Br2Cl2OS2. The fraction of sp³-hybridized carbons (Fsp3) is 0.250. The number of ether oxygens (including phenoxy) is 1. The van der Waals surface area contributed by atoms with E-state index in [-0.39, 0.29) is 0 Å². The van der Waals surface area contributed by atoms with Crippen molar-refractivity contribution in [2.45, 2.75) is 37.6 Å². The van der Waals surface area contributed by atoms with Gasteiger partial charge in [0.2, 0.25) is 0 Å². The summed E-state index contributed by atoms with van der Waals surface area (Å²) in [5, 5.41) is 1.53. The van der Waals surface area contributed by atoms with Crippen molar-refractivity contribution >= 4 is 78.6 Å². The molecule has 7 heteroatoms. The number of thioether (sulfide) groups is 2. The van der Waals surface area contributed by atoms with Gasteiger partial charge in [0, 0.05) is 30.5 Å². The maximum Gasteiger partial charge on any atom is 0.0721 e. The minimum absolute atomic E-state index is 0.621. The Balaban J connectivity index is 1.10. The van der Waals surface area contributed by atoms with Crippen LogP contribution >= 0.6 is 78.6 Å². The van der Waals surface area contributed by atoms with E-state index < -0.39 is 0 Å². The van der Waals surface area contributed by atoms with Gasteiger partial charge in [-0.1, -0.05) is 116 Å². The highest BCUT2D eigenvalue weighted by atomic mass is 79.9. The third kappa shape index (κ3) is 10.8. The van der Waals surface area contributed by atoms with E-state index in [0.29, 0.717) is 13.2 Å². The van der Waals surface area contributed by atoms with Crippen LogP contribution in [0, 0.1) is 0 Å². The van der Waals surface area contributed by atoms with Gasteiger partial charge in [0.05, 0.1) is 13.2 Å².